The van der Waals surface area contributed by atoms with Crippen LogP contribution in [-0.4, -0.2) is 22.9 Å². The predicted molar refractivity (Wildman–Crippen MR) is 92.8 cm³/mol. The number of hydrogen-bond donors (Lipinski definition) is 1. The number of imidazole rings is 1. The lowest BCUT2D eigenvalue weighted by atomic mass is 10.3. The van der Waals surface area contributed by atoms with Crippen LogP contribution in [0.3, 0.4) is 0 Å². The number of anilines is 1. The van der Waals surface area contributed by atoms with Crippen molar-refractivity contribution in [3.05, 3.63) is 71.8 Å². The molecule has 0 amide bonds. The van der Waals surface area contributed by atoms with Crippen LogP contribution in [0.15, 0.2) is 66.0 Å². The number of methoxy groups -OCH3 is 1. The fourth-order valence-electron chi connectivity index (χ4n) is 2.08. The van der Waals surface area contributed by atoms with E-state index in [1.165, 1.54) is 0 Å². The van der Waals surface area contributed by atoms with Gasteiger partial charge in [-0.15, -0.1) is 0 Å². The van der Waals surface area contributed by atoms with Crippen molar-refractivity contribution in [3.63, 3.8) is 0 Å². The van der Waals surface area contributed by atoms with Gasteiger partial charge in [-0.25, -0.2) is 4.98 Å². The smallest absolute Gasteiger partial charge is 0.156 e. The Morgan fingerprint density at radius 1 is 1.13 bits per heavy atom. The van der Waals surface area contributed by atoms with Crippen LogP contribution in [0.1, 0.15) is 5.69 Å². The summed E-state index contributed by atoms with van der Waals surface area (Å²) in [5.74, 6) is 0.793. The van der Waals surface area contributed by atoms with Gasteiger partial charge in [-0.3, -0.25) is 9.99 Å². The van der Waals surface area contributed by atoms with Gasteiger partial charge in [-0.2, -0.15) is 5.10 Å². The summed E-state index contributed by atoms with van der Waals surface area (Å²) in [7, 11) is 1.64. The molecule has 0 saturated heterocycles. The lowest BCUT2D eigenvalue weighted by molar-refractivity contribution is 0.414. The summed E-state index contributed by atoms with van der Waals surface area (Å²) in [5.41, 5.74) is 5.47. The first-order valence-corrected chi connectivity index (χ1v) is 7.37. The molecule has 0 aliphatic rings. The minimum Gasteiger partial charge on any atom is -0.497 e. The molecule has 0 bridgehead atoms. The zero-order chi connectivity index (χ0) is 16.1. The first kappa shape index (κ1) is 15.1. The first-order chi connectivity index (χ1) is 11.3. The van der Waals surface area contributed by atoms with Crippen molar-refractivity contribution in [3.8, 4) is 11.4 Å². The number of rotatable bonds is 5. The van der Waals surface area contributed by atoms with Crippen molar-refractivity contribution >= 4 is 23.5 Å². The Morgan fingerprint density at radius 3 is 2.57 bits per heavy atom. The molecule has 1 aromatic heterocycles. The van der Waals surface area contributed by atoms with E-state index in [1.807, 2.05) is 59.2 Å². The van der Waals surface area contributed by atoms with Crippen LogP contribution in [0.4, 0.5) is 5.69 Å². The molecule has 0 fully saturated rings. The minimum absolute atomic E-state index is 0.388. The molecule has 0 aliphatic carbocycles. The minimum atomic E-state index is 0.388. The van der Waals surface area contributed by atoms with E-state index in [1.54, 1.807) is 19.7 Å². The third-order valence-electron chi connectivity index (χ3n) is 3.26. The van der Waals surface area contributed by atoms with Gasteiger partial charge < -0.3 is 4.74 Å². The second-order valence-electron chi connectivity index (χ2n) is 4.72. The molecule has 0 aliphatic heterocycles. The summed E-state index contributed by atoms with van der Waals surface area (Å²) in [5, 5.41) is 4.61. The van der Waals surface area contributed by atoms with Crippen LogP contribution in [0.5, 0.6) is 5.75 Å². The first-order valence-electron chi connectivity index (χ1n) is 6.99. The lowest BCUT2D eigenvalue weighted by Gasteiger charge is -2.06. The molecule has 3 aromatic rings. The summed E-state index contributed by atoms with van der Waals surface area (Å²) in [6, 6.07) is 17.3. The lowest BCUT2D eigenvalue weighted by Crippen LogP contribution is -2.00. The van der Waals surface area contributed by atoms with Gasteiger partial charge in [0.05, 0.1) is 19.0 Å². The summed E-state index contributed by atoms with van der Waals surface area (Å²) in [6.07, 6.45) is 3.31. The fourth-order valence-corrected chi connectivity index (χ4v) is 2.26. The number of hydrazone groups is 1. The molecular weight excluding hydrogens is 312 g/mol. The third-order valence-corrected chi connectivity index (χ3v) is 3.55. The summed E-state index contributed by atoms with van der Waals surface area (Å²) in [6.45, 7) is 0. The standard InChI is InChI=1S/C17H15ClN4O/c1-23-15-9-7-14(8-10-15)22-12-19-17(18)16(22)11-20-21-13-5-3-2-4-6-13/h2-12,21H,1H3. The number of para-hydroxylation sites is 1. The van der Waals surface area contributed by atoms with Gasteiger partial charge in [0.25, 0.3) is 0 Å². The van der Waals surface area contributed by atoms with Gasteiger partial charge in [0, 0.05) is 5.69 Å². The number of hydrogen-bond acceptors (Lipinski definition) is 4. The van der Waals surface area contributed by atoms with E-state index in [9.17, 15) is 0 Å². The normalized spacial score (nSPS) is 10.9. The molecule has 6 heteroatoms. The number of nitrogens with zero attached hydrogens (tertiary/aromatic N) is 3. The quantitative estimate of drug-likeness (QED) is 0.570. The second kappa shape index (κ2) is 6.98. The third kappa shape index (κ3) is 3.52. The Labute approximate surface area is 139 Å². The molecule has 1 heterocycles. The Morgan fingerprint density at radius 2 is 1.87 bits per heavy atom. The van der Waals surface area contributed by atoms with Crippen LogP contribution < -0.4 is 10.2 Å². The number of halogens is 1. The molecule has 0 atom stereocenters. The zero-order valence-electron chi connectivity index (χ0n) is 12.5. The largest absolute Gasteiger partial charge is 0.497 e. The monoisotopic (exact) mass is 326 g/mol. The van der Waals surface area contributed by atoms with Crippen molar-refractivity contribution in [2.24, 2.45) is 5.10 Å². The van der Waals surface area contributed by atoms with Gasteiger partial charge in [0.15, 0.2) is 5.15 Å². The molecule has 0 unspecified atom stereocenters. The molecule has 0 spiro atoms. The van der Waals surface area contributed by atoms with Crippen LogP contribution in [0.25, 0.3) is 5.69 Å². The average Bonchev–Trinajstić information content (AvgIpc) is 2.97. The molecule has 23 heavy (non-hydrogen) atoms. The van der Waals surface area contributed by atoms with Gasteiger partial charge in [-0.05, 0) is 36.4 Å². The second-order valence-corrected chi connectivity index (χ2v) is 5.08. The van der Waals surface area contributed by atoms with Crippen LogP contribution in [0, 0.1) is 0 Å². The molecular formula is C17H15ClN4O. The van der Waals surface area contributed by atoms with E-state index in [-0.39, 0.29) is 0 Å². The zero-order valence-corrected chi connectivity index (χ0v) is 13.2. The van der Waals surface area contributed by atoms with Crippen molar-refractivity contribution in [1.82, 2.24) is 9.55 Å². The highest BCUT2D eigenvalue weighted by atomic mass is 35.5. The Kier molecular flexibility index (Phi) is 4.59. The van der Waals surface area contributed by atoms with E-state index in [2.05, 4.69) is 15.5 Å². The maximum Gasteiger partial charge on any atom is 0.156 e. The van der Waals surface area contributed by atoms with Crippen LogP contribution in [0.2, 0.25) is 5.15 Å². The van der Waals surface area contributed by atoms with Gasteiger partial charge in [-0.1, -0.05) is 29.8 Å². The number of benzene rings is 2. The topological polar surface area (TPSA) is 51.4 Å². The van der Waals surface area contributed by atoms with Gasteiger partial charge in [0.1, 0.15) is 17.8 Å². The predicted octanol–water partition coefficient (Wildman–Crippen LogP) is 3.98. The maximum absolute atomic E-state index is 6.16. The Bertz CT molecular complexity index is 797. The highest BCUT2D eigenvalue weighted by Gasteiger charge is 2.08. The molecule has 2 aromatic carbocycles. The summed E-state index contributed by atoms with van der Waals surface area (Å²) < 4.78 is 7.03. The van der Waals surface area contributed by atoms with E-state index < -0.39 is 0 Å². The fraction of sp³-hybridized carbons (Fsp3) is 0.0588. The van der Waals surface area contributed by atoms with E-state index in [0.29, 0.717) is 10.8 Å². The van der Waals surface area contributed by atoms with Crippen LogP contribution >= 0.6 is 11.6 Å². The van der Waals surface area contributed by atoms with E-state index >= 15 is 0 Å². The SMILES string of the molecule is COc1ccc(-n2cnc(Cl)c2C=NNc2ccccc2)cc1. The van der Waals surface area contributed by atoms with Crippen LogP contribution in [-0.2, 0) is 0 Å². The van der Waals surface area contributed by atoms with Crippen molar-refractivity contribution < 1.29 is 4.74 Å². The van der Waals surface area contributed by atoms with Gasteiger partial charge >= 0.3 is 0 Å². The van der Waals surface area contributed by atoms with Crippen molar-refractivity contribution in [2.75, 3.05) is 12.5 Å². The molecule has 0 radical (unpaired) electrons. The average molecular weight is 327 g/mol. The molecule has 1 N–H and O–H groups in total. The Balaban J connectivity index is 1.83. The Hall–Kier alpha value is -2.79. The highest BCUT2D eigenvalue weighted by Crippen LogP contribution is 2.20. The van der Waals surface area contributed by atoms with E-state index in [0.717, 1.165) is 17.1 Å². The molecule has 5 nitrogen and oxygen atoms in total. The van der Waals surface area contributed by atoms with Gasteiger partial charge in [0.2, 0.25) is 0 Å². The summed E-state index contributed by atoms with van der Waals surface area (Å²) in [4.78, 5) is 4.14. The number of aromatic nitrogens is 2. The molecule has 0 saturated carbocycles. The van der Waals surface area contributed by atoms with E-state index in [4.69, 9.17) is 16.3 Å². The number of ether oxygens (including phenoxy) is 1. The highest BCUT2D eigenvalue weighted by molar-refractivity contribution is 6.31. The van der Waals surface area contributed by atoms with Crippen molar-refractivity contribution in [2.45, 2.75) is 0 Å². The maximum atomic E-state index is 6.16. The summed E-state index contributed by atoms with van der Waals surface area (Å²) >= 11 is 6.16. The molecule has 3 rings (SSSR count). The molecule has 116 valence electrons. The number of nitrogens with one attached hydrogen (secondary N) is 1. The van der Waals surface area contributed by atoms with Crippen molar-refractivity contribution in [1.29, 1.82) is 0 Å².